The van der Waals surface area contributed by atoms with Crippen LogP contribution in [-0.2, 0) is 22.0 Å². The van der Waals surface area contributed by atoms with E-state index >= 15 is 0 Å². The van der Waals surface area contributed by atoms with Crippen LogP contribution in [0.25, 0.3) is 10.9 Å². The average Bonchev–Trinajstić information content (AvgIpc) is 3.14. The number of carbonyl (C=O) groups excluding carboxylic acids is 1. The van der Waals surface area contributed by atoms with Gasteiger partial charge in [-0.1, -0.05) is 35.9 Å². The van der Waals surface area contributed by atoms with Gasteiger partial charge in [-0.15, -0.1) is 0 Å². The van der Waals surface area contributed by atoms with E-state index in [0.717, 1.165) is 11.1 Å². The molecule has 2 heterocycles. The first-order valence-corrected chi connectivity index (χ1v) is 11.2. The van der Waals surface area contributed by atoms with Gasteiger partial charge in [-0.25, -0.2) is 4.39 Å². The number of aromatic nitrogens is 1. The van der Waals surface area contributed by atoms with Crippen molar-refractivity contribution in [3.05, 3.63) is 69.6 Å². The maximum atomic E-state index is 14.2. The number of hydrogen-bond acceptors (Lipinski definition) is 3. The van der Waals surface area contributed by atoms with Crippen molar-refractivity contribution in [3.8, 4) is 0 Å². The molecule has 0 unspecified atom stereocenters. The molecule has 0 spiro atoms. The summed E-state index contributed by atoms with van der Waals surface area (Å²) < 4.78 is 21.2. The zero-order chi connectivity index (χ0) is 23.9. The molecule has 0 radical (unpaired) electrons. The molecule has 8 heteroatoms. The molecule has 2 N–H and O–H groups in total. The monoisotopic (exact) mass is 472 g/mol. The molecule has 1 saturated heterocycles. The number of carbonyl (C=O) groups is 2. The van der Waals surface area contributed by atoms with E-state index < -0.39 is 17.2 Å². The minimum Gasteiger partial charge on any atom is -0.481 e. The third-order valence-electron chi connectivity index (χ3n) is 6.71. The predicted octanol–water partition coefficient (Wildman–Crippen LogP) is 4.90. The van der Waals surface area contributed by atoms with E-state index in [2.05, 4.69) is 5.32 Å². The van der Waals surface area contributed by atoms with Crippen molar-refractivity contribution >= 4 is 34.4 Å². The summed E-state index contributed by atoms with van der Waals surface area (Å²) in [6.45, 7) is 4.32. The Hall–Kier alpha value is -2.90. The summed E-state index contributed by atoms with van der Waals surface area (Å²) in [7, 11) is 1.74. The number of amides is 1. The Morgan fingerprint density at radius 3 is 2.45 bits per heavy atom. The molecule has 6 nitrogen and oxygen atoms in total. The quantitative estimate of drug-likeness (QED) is 0.553. The fourth-order valence-electron chi connectivity index (χ4n) is 4.54. The van der Waals surface area contributed by atoms with E-state index in [1.807, 2.05) is 31.2 Å². The predicted molar refractivity (Wildman–Crippen MR) is 124 cm³/mol. The van der Waals surface area contributed by atoms with Gasteiger partial charge >= 0.3 is 5.97 Å². The van der Waals surface area contributed by atoms with Crippen LogP contribution in [0.2, 0.25) is 5.02 Å². The summed E-state index contributed by atoms with van der Waals surface area (Å²) in [5, 5.41) is 13.3. The Bertz CT molecular complexity index is 1230. The van der Waals surface area contributed by atoms with E-state index in [9.17, 15) is 19.1 Å². The summed E-state index contributed by atoms with van der Waals surface area (Å²) >= 11 is 6.17. The van der Waals surface area contributed by atoms with Crippen LogP contribution in [-0.4, -0.2) is 34.8 Å². The number of nitrogens with zero attached hydrogens (tertiary/aromatic N) is 1. The number of carboxylic acids is 1. The molecule has 1 aliphatic rings. The third kappa shape index (κ3) is 4.00. The van der Waals surface area contributed by atoms with Crippen molar-refractivity contribution in [2.24, 2.45) is 7.05 Å². The first kappa shape index (κ1) is 23.3. The molecule has 4 rings (SSSR count). The van der Waals surface area contributed by atoms with Crippen molar-refractivity contribution in [1.29, 1.82) is 0 Å². The summed E-state index contributed by atoms with van der Waals surface area (Å²) in [5.41, 5.74) is 2.10. The number of hydrogen-bond donors (Lipinski definition) is 2. The molecule has 1 amide bonds. The second-order valence-corrected chi connectivity index (χ2v) is 9.04. The molecule has 33 heavy (non-hydrogen) atoms. The molecule has 1 fully saturated rings. The highest BCUT2D eigenvalue weighted by Gasteiger charge is 2.41. The van der Waals surface area contributed by atoms with E-state index in [1.54, 1.807) is 30.7 Å². The number of aliphatic carboxylic acids is 1. The Balaban J connectivity index is 1.56. The van der Waals surface area contributed by atoms with Crippen molar-refractivity contribution in [3.63, 3.8) is 0 Å². The van der Waals surface area contributed by atoms with Crippen LogP contribution in [0.15, 0.2) is 36.4 Å². The topological polar surface area (TPSA) is 80.6 Å². The molecule has 0 bridgehead atoms. The number of ether oxygens (including phenoxy) is 1. The Morgan fingerprint density at radius 1 is 1.21 bits per heavy atom. The highest BCUT2D eigenvalue weighted by molar-refractivity contribution is 6.36. The summed E-state index contributed by atoms with van der Waals surface area (Å²) in [6, 6.07) is 10.3. The molecule has 0 aliphatic carbocycles. The van der Waals surface area contributed by atoms with Crippen molar-refractivity contribution < 1.29 is 23.8 Å². The lowest BCUT2D eigenvalue weighted by atomic mass is 9.74. The summed E-state index contributed by atoms with van der Waals surface area (Å²) in [6.07, 6.45) is 0.856. The van der Waals surface area contributed by atoms with Crippen molar-refractivity contribution in [1.82, 2.24) is 9.88 Å². The molecule has 3 aromatic rings. The fourth-order valence-corrected chi connectivity index (χ4v) is 4.84. The fraction of sp³-hybridized carbons (Fsp3) is 0.360. The van der Waals surface area contributed by atoms with Gasteiger partial charge in [0.2, 0.25) is 0 Å². The zero-order valence-electron chi connectivity index (χ0n) is 18.7. The highest BCUT2D eigenvalue weighted by atomic mass is 35.5. The van der Waals surface area contributed by atoms with Crippen molar-refractivity contribution in [2.45, 2.75) is 38.1 Å². The van der Waals surface area contributed by atoms with Gasteiger partial charge in [0.05, 0.1) is 22.0 Å². The number of aryl methyl sites for hydroxylation is 2. The van der Waals surface area contributed by atoms with Crippen LogP contribution in [0, 0.1) is 12.7 Å². The standard InChI is InChI=1S/C25H26ClFN2O4/c1-14-12-19-18(21(26)22(14)27)13-20(29(19)3)23(30)28-15(2)16-4-6-17(7-5-16)25(24(31)32)8-10-33-11-9-25/h4-7,12-13,15H,8-11H2,1-3H3,(H,28,30)(H,31,32)/t15-/m1/s1. The van der Waals surface area contributed by atoms with Gasteiger partial charge in [0.15, 0.2) is 0 Å². The Morgan fingerprint density at radius 2 is 1.85 bits per heavy atom. The van der Waals surface area contributed by atoms with Gasteiger partial charge in [0.25, 0.3) is 5.91 Å². The summed E-state index contributed by atoms with van der Waals surface area (Å²) in [5.74, 6) is -1.65. The molecular weight excluding hydrogens is 447 g/mol. The van der Waals surface area contributed by atoms with Gasteiger partial charge in [-0.2, -0.15) is 0 Å². The van der Waals surface area contributed by atoms with E-state index in [1.165, 1.54) is 0 Å². The number of fused-ring (bicyclic) bond motifs is 1. The minimum atomic E-state index is -0.945. The first-order valence-electron chi connectivity index (χ1n) is 10.8. The SMILES string of the molecule is Cc1cc2c(cc(C(=O)N[C@H](C)c3ccc(C4(C(=O)O)CCOCC4)cc3)n2C)c(Cl)c1F. The number of rotatable bonds is 5. The molecule has 0 saturated carbocycles. The average molecular weight is 473 g/mol. The normalized spacial score (nSPS) is 16.5. The smallest absolute Gasteiger partial charge is 0.314 e. The van der Waals surface area contributed by atoms with Crippen LogP contribution in [0.3, 0.4) is 0 Å². The Labute approximate surface area is 196 Å². The maximum absolute atomic E-state index is 14.2. The molecule has 1 atom stereocenters. The number of carboxylic acid groups (broad SMARTS) is 1. The third-order valence-corrected chi connectivity index (χ3v) is 7.08. The van der Waals surface area contributed by atoms with Crippen LogP contribution < -0.4 is 5.32 Å². The summed E-state index contributed by atoms with van der Waals surface area (Å²) in [4.78, 5) is 25.0. The van der Waals surface area contributed by atoms with E-state index in [0.29, 0.717) is 48.2 Å². The second-order valence-electron chi connectivity index (χ2n) is 8.66. The largest absolute Gasteiger partial charge is 0.481 e. The highest BCUT2D eigenvalue weighted by Crippen LogP contribution is 2.36. The lowest BCUT2D eigenvalue weighted by Gasteiger charge is -2.33. The van der Waals surface area contributed by atoms with Gasteiger partial charge in [-0.3, -0.25) is 9.59 Å². The lowest BCUT2D eigenvalue weighted by Crippen LogP contribution is -2.41. The molecule has 2 aromatic carbocycles. The molecular formula is C25H26ClFN2O4. The van der Waals surface area contributed by atoms with Crippen LogP contribution >= 0.6 is 11.6 Å². The second kappa shape index (κ2) is 8.80. The van der Waals surface area contributed by atoms with Gasteiger partial charge in [0.1, 0.15) is 11.5 Å². The first-order chi connectivity index (χ1) is 15.7. The van der Waals surface area contributed by atoms with Gasteiger partial charge in [-0.05, 0) is 55.5 Å². The van der Waals surface area contributed by atoms with Gasteiger partial charge < -0.3 is 19.7 Å². The van der Waals surface area contributed by atoms with E-state index in [4.69, 9.17) is 16.3 Å². The van der Waals surface area contributed by atoms with Crippen LogP contribution in [0.5, 0.6) is 0 Å². The van der Waals surface area contributed by atoms with E-state index in [-0.39, 0.29) is 17.0 Å². The van der Waals surface area contributed by atoms with Crippen LogP contribution in [0.4, 0.5) is 4.39 Å². The minimum absolute atomic E-state index is 0.00348. The maximum Gasteiger partial charge on any atom is 0.314 e. The zero-order valence-corrected chi connectivity index (χ0v) is 19.5. The molecule has 1 aliphatic heterocycles. The van der Waals surface area contributed by atoms with Crippen molar-refractivity contribution in [2.75, 3.05) is 13.2 Å². The Kier molecular flexibility index (Phi) is 6.20. The lowest BCUT2D eigenvalue weighted by molar-refractivity contribution is -0.147. The molecule has 1 aromatic heterocycles. The number of halogens is 2. The van der Waals surface area contributed by atoms with Gasteiger partial charge in [0, 0.05) is 25.6 Å². The number of nitrogens with one attached hydrogen (secondary N) is 1. The van der Waals surface area contributed by atoms with Crippen LogP contribution in [0.1, 0.15) is 53.0 Å². The number of benzene rings is 2. The molecule has 174 valence electrons.